The molecule has 0 fully saturated rings. The maximum Gasteiger partial charge on any atom is 0.344 e. The molecular formula is C10H9FO4. The summed E-state index contributed by atoms with van der Waals surface area (Å²) in [6.07, 6.45) is 0.465. The van der Waals surface area contributed by atoms with E-state index in [1.54, 1.807) is 0 Å². The second-order valence-electron chi connectivity index (χ2n) is 2.69. The molecule has 0 saturated heterocycles. The lowest BCUT2D eigenvalue weighted by Crippen LogP contribution is -2.08. The standard InChI is InChI=1S/C10H9FO4/c1-14-8-4-6(5-12)3-7(11)9(8)10(13)15-2/h3-5H,1-2H3. The van der Waals surface area contributed by atoms with Crippen LogP contribution < -0.4 is 4.74 Å². The summed E-state index contributed by atoms with van der Waals surface area (Å²) in [7, 11) is 2.41. The highest BCUT2D eigenvalue weighted by molar-refractivity contribution is 5.94. The maximum absolute atomic E-state index is 13.4. The first-order valence-corrected chi connectivity index (χ1v) is 4.05. The topological polar surface area (TPSA) is 52.6 Å². The van der Waals surface area contributed by atoms with Crippen molar-refractivity contribution >= 4 is 12.3 Å². The van der Waals surface area contributed by atoms with Gasteiger partial charge in [-0.25, -0.2) is 9.18 Å². The first kappa shape index (κ1) is 11.2. The fourth-order valence-corrected chi connectivity index (χ4v) is 1.13. The molecule has 0 heterocycles. The van der Waals surface area contributed by atoms with E-state index in [1.807, 2.05) is 0 Å². The SMILES string of the molecule is COC(=O)c1c(F)cc(C=O)cc1OC. The molecule has 1 aromatic rings. The van der Waals surface area contributed by atoms with Gasteiger partial charge in [-0.3, -0.25) is 4.79 Å². The summed E-state index contributed by atoms with van der Waals surface area (Å²) in [6, 6.07) is 2.21. The van der Waals surface area contributed by atoms with Crippen molar-refractivity contribution in [3.8, 4) is 5.75 Å². The normalized spacial score (nSPS) is 9.53. The average molecular weight is 212 g/mol. The first-order valence-electron chi connectivity index (χ1n) is 4.05. The van der Waals surface area contributed by atoms with Gasteiger partial charge in [0, 0.05) is 5.56 Å². The van der Waals surface area contributed by atoms with E-state index in [2.05, 4.69) is 4.74 Å². The quantitative estimate of drug-likeness (QED) is 0.561. The van der Waals surface area contributed by atoms with Gasteiger partial charge >= 0.3 is 5.97 Å². The lowest BCUT2D eigenvalue weighted by Gasteiger charge is -2.08. The van der Waals surface area contributed by atoms with Gasteiger partial charge in [0.05, 0.1) is 14.2 Å². The van der Waals surface area contributed by atoms with Gasteiger partial charge in [-0.1, -0.05) is 0 Å². The second-order valence-corrected chi connectivity index (χ2v) is 2.69. The molecule has 0 amide bonds. The van der Waals surface area contributed by atoms with E-state index < -0.39 is 11.8 Å². The molecule has 4 nitrogen and oxygen atoms in total. The maximum atomic E-state index is 13.4. The van der Waals surface area contributed by atoms with Crippen LogP contribution in [0.5, 0.6) is 5.75 Å². The number of halogens is 1. The van der Waals surface area contributed by atoms with Gasteiger partial charge < -0.3 is 9.47 Å². The molecule has 80 valence electrons. The summed E-state index contributed by atoms with van der Waals surface area (Å²) in [5.74, 6) is -1.71. The zero-order chi connectivity index (χ0) is 11.4. The van der Waals surface area contributed by atoms with Crippen molar-refractivity contribution in [1.82, 2.24) is 0 Å². The van der Waals surface area contributed by atoms with E-state index in [-0.39, 0.29) is 16.9 Å². The highest BCUT2D eigenvalue weighted by Crippen LogP contribution is 2.23. The largest absolute Gasteiger partial charge is 0.496 e. The van der Waals surface area contributed by atoms with Crippen molar-refractivity contribution in [1.29, 1.82) is 0 Å². The van der Waals surface area contributed by atoms with Crippen LogP contribution in [-0.4, -0.2) is 26.5 Å². The van der Waals surface area contributed by atoms with E-state index in [1.165, 1.54) is 13.2 Å². The number of hydrogen-bond donors (Lipinski definition) is 0. The van der Waals surface area contributed by atoms with Crippen molar-refractivity contribution in [2.24, 2.45) is 0 Å². The minimum Gasteiger partial charge on any atom is -0.496 e. The van der Waals surface area contributed by atoms with Gasteiger partial charge in [-0.15, -0.1) is 0 Å². The molecule has 1 aromatic carbocycles. The molecule has 0 aliphatic carbocycles. The summed E-state index contributed by atoms with van der Waals surface area (Å²) in [4.78, 5) is 21.6. The molecule has 0 spiro atoms. The van der Waals surface area contributed by atoms with E-state index in [9.17, 15) is 14.0 Å². The summed E-state index contributed by atoms with van der Waals surface area (Å²) in [5.41, 5.74) is -0.220. The molecular weight excluding hydrogens is 203 g/mol. The number of carbonyl (C=O) groups is 2. The molecule has 0 unspecified atom stereocenters. The lowest BCUT2D eigenvalue weighted by molar-refractivity contribution is 0.0591. The molecule has 5 heteroatoms. The highest BCUT2D eigenvalue weighted by Gasteiger charge is 2.19. The Kier molecular flexibility index (Phi) is 3.38. The first-order chi connectivity index (χ1) is 7.13. The number of carbonyl (C=O) groups excluding carboxylic acids is 2. The third-order valence-corrected chi connectivity index (χ3v) is 1.82. The molecule has 0 atom stereocenters. The van der Waals surface area contributed by atoms with E-state index >= 15 is 0 Å². The molecule has 0 aliphatic heterocycles. The van der Waals surface area contributed by atoms with Gasteiger partial charge in [0.1, 0.15) is 23.4 Å². The predicted octanol–water partition coefficient (Wildman–Crippen LogP) is 1.43. The van der Waals surface area contributed by atoms with Crippen LogP contribution in [-0.2, 0) is 4.74 Å². The average Bonchev–Trinajstić information content (AvgIpc) is 2.26. The minimum absolute atomic E-state index is 0.0241. The lowest BCUT2D eigenvalue weighted by atomic mass is 10.1. The number of benzene rings is 1. The van der Waals surface area contributed by atoms with E-state index in [0.717, 1.165) is 13.2 Å². The van der Waals surface area contributed by atoms with Crippen molar-refractivity contribution in [3.63, 3.8) is 0 Å². The monoisotopic (exact) mass is 212 g/mol. The van der Waals surface area contributed by atoms with Crippen LogP contribution in [0.4, 0.5) is 4.39 Å². The Morgan fingerprint density at radius 2 is 2.07 bits per heavy atom. The van der Waals surface area contributed by atoms with Crippen LogP contribution in [0.2, 0.25) is 0 Å². The van der Waals surface area contributed by atoms with E-state index in [0.29, 0.717) is 6.29 Å². The number of aldehydes is 1. The van der Waals surface area contributed by atoms with Crippen LogP contribution in [0.1, 0.15) is 20.7 Å². The molecule has 1 rings (SSSR count). The Bertz CT molecular complexity index is 401. The van der Waals surface area contributed by atoms with Crippen LogP contribution in [0.3, 0.4) is 0 Å². The zero-order valence-electron chi connectivity index (χ0n) is 8.24. The van der Waals surface area contributed by atoms with Crippen LogP contribution in [0.25, 0.3) is 0 Å². The summed E-state index contributed by atoms with van der Waals surface area (Å²) >= 11 is 0. The third kappa shape index (κ3) is 2.12. The third-order valence-electron chi connectivity index (χ3n) is 1.82. The number of hydrogen-bond acceptors (Lipinski definition) is 4. The number of ether oxygens (including phenoxy) is 2. The number of rotatable bonds is 3. The van der Waals surface area contributed by atoms with Gasteiger partial charge in [-0.05, 0) is 12.1 Å². The Balaban J connectivity index is 3.36. The summed E-state index contributed by atoms with van der Waals surface area (Å²) < 4.78 is 22.6. The van der Waals surface area contributed by atoms with E-state index in [4.69, 9.17) is 4.74 Å². The van der Waals surface area contributed by atoms with Crippen LogP contribution in [0, 0.1) is 5.82 Å². The Morgan fingerprint density at radius 3 is 2.53 bits per heavy atom. The number of methoxy groups -OCH3 is 2. The van der Waals surface area contributed by atoms with Crippen molar-refractivity contribution in [2.75, 3.05) is 14.2 Å². The number of esters is 1. The minimum atomic E-state index is -0.846. The predicted molar refractivity (Wildman–Crippen MR) is 49.7 cm³/mol. The van der Waals surface area contributed by atoms with Crippen LogP contribution in [0.15, 0.2) is 12.1 Å². The Morgan fingerprint density at radius 1 is 1.40 bits per heavy atom. The van der Waals surface area contributed by atoms with Gasteiger partial charge in [-0.2, -0.15) is 0 Å². The van der Waals surface area contributed by atoms with Crippen molar-refractivity contribution in [3.05, 3.63) is 29.1 Å². The van der Waals surface area contributed by atoms with Crippen molar-refractivity contribution < 1.29 is 23.5 Å². The van der Waals surface area contributed by atoms with Gasteiger partial charge in [0.25, 0.3) is 0 Å². The van der Waals surface area contributed by atoms with Gasteiger partial charge in [0.2, 0.25) is 0 Å². The van der Waals surface area contributed by atoms with Crippen LogP contribution >= 0.6 is 0 Å². The summed E-state index contributed by atoms with van der Waals surface area (Å²) in [5, 5.41) is 0. The van der Waals surface area contributed by atoms with Crippen molar-refractivity contribution in [2.45, 2.75) is 0 Å². The Hall–Kier alpha value is -1.91. The Labute approximate surface area is 85.6 Å². The highest BCUT2D eigenvalue weighted by atomic mass is 19.1. The second kappa shape index (κ2) is 4.54. The van der Waals surface area contributed by atoms with Gasteiger partial charge in [0.15, 0.2) is 0 Å². The molecule has 0 N–H and O–H groups in total. The molecule has 0 saturated carbocycles. The molecule has 0 radical (unpaired) electrons. The fraction of sp³-hybridized carbons (Fsp3) is 0.200. The fourth-order valence-electron chi connectivity index (χ4n) is 1.13. The molecule has 0 aromatic heterocycles. The summed E-state index contributed by atoms with van der Waals surface area (Å²) in [6.45, 7) is 0. The molecule has 0 bridgehead atoms. The molecule has 0 aliphatic rings. The molecule has 15 heavy (non-hydrogen) atoms. The smallest absolute Gasteiger partial charge is 0.344 e. The zero-order valence-corrected chi connectivity index (χ0v) is 8.24.